The molecule has 20 heavy (non-hydrogen) atoms. The normalized spacial score (nSPS) is 12.1. The van der Waals surface area contributed by atoms with E-state index in [1.807, 2.05) is 31.2 Å². The lowest BCUT2D eigenvalue weighted by Crippen LogP contribution is -1.99. The molecule has 0 aromatic heterocycles. The molecule has 0 aliphatic heterocycles. The summed E-state index contributed by atoms with van der Waals surface area (Å²) in [4.78, 5) is 10.9. The van der Waals surface area contributed by atoms with Crippen molar-refractivity contribution in [1.29, 1.82) is 0 Å². The predicted molar refractivity (Wildman–Crippen MR) is 84.3 cm³/mol. The van der Waals surface area contributed by atoms with E-state index >= 15 is 0 Å². The highest BCUT2D eigenvalue weighted by atomic mass is 79.9. The lowest BCUT2D eigenvalue weighted by molar-refractivity contribution is -0.385. The van der Waals surface area contributed by atoms with Crippen LogP contribution in [0.2, 0.25) is 0 Å². The van der Waals surface area contributed by atoms with E-state index in [1.165, 1.54) is 5.56 Å². The molecule has 0 bridgehead atoms. The van der Waals surface area contributed by atoms with Crippen molar-refractivity contribution < 1.29 is 4.92 Å². The fourth-order valence-electron chi connectivity index (χ4n) is 2.25. The Morgan fingerprint density at radius 2 is 1.85 bits per heavy atom. The van der Waals surface area contributed by atoms with E-state index in [0.29, 0.717) is 0 Å². The molecule has 0 fully saturated rings. The number of hydrogen-bond acceptors (Lipinski definition) is 2. The van der Waals surface area contributed by atoms with E-state index in [-0.39, 0.29) is 15.4 Å². The largest absolute Gasteiger partial charge is 0.272 e. The Hall–Kier alpha value is -1.68. The van der Waals surface area contributed by atoms with Gasteiger partial charge in [0.25, 0.3) is 5.69 Å². The van der Waals surface area contributed by atoms with Gasteiger partial charge in [-0.15, -0.1) is 0 Å². The highest BCUT2D eigenvalue weighted by molar-refractivity contribution is 9.09. The van der Waals surface area contributed by atoms with E-state index in [4.69, 9.17) is 0 Å². The van der Waals surface area contributed by atoms with Crippen LogP contribution in [-0.2, 0) is 6.42 Å². The number of benzene rings is 2. The Bertz CT molecular complexity index is 599. The minimum atomic E-state index is -0.318. The van der Waals surface area contributed by atoms with Crippen LogP contribution in [0.1, 0.15) is 27.9 Å². The summed E-state index contributed by atoms with van der Waals surface area (Å²) in [6.07, 6.45) is 1.73. The van der Waals surface area contributed by atoms with Crippen LogP contribution in [0.5, 0.6) is 0 Å². The minimum Gasteiger partial charge on any atom is -0.258 e. The van der Waals surface area contributed by atoms with Gasteiger partial charge < -0.3 is 0 Å². The quantitative estimate of drug-likeness (QED) is 0.440. The van der Waals surface area contributed by atoms with E-state index < -0.39 is 0 Å². The lowest BCUT2D eigenvalue weighted by atomic mass is 9.99. The Balaban J connectivity index is 2.08. The molecule has 0 heterocycles. The van der Waals surface area contributed by atoms with Crippen LogP contribution >= 0.6 is 15.9 Å². The number of aryl methyl sites for hydroxylation is 1. The summed E-state index contributed by atoms with van der Waals surface area (Å²) in [5, 5.41) is 10.9. The van der Waals surface area contributed by atoms with Gasteiger partial charge in [0.05, 0.1) is 4.92 Å². The lowest BCUT2D eigenvalue weighted by Gasteiger charge is -2.11. The number of halogens is 1. The first kappa shape index (κ1) is 14.7. The van der Waals surface area contributed by atoms with Gasteiger partial charge in [-0.1, -0.05) is 58.4 Å². The number of nitro benzene ring substituents is 1. The van der Waals surface area contributed by atoms with Crippen molar-refractivity contribution in [2.24, 2.45) is 0 Å². The molecular formula is C16H16BrNO2. The van der Waals surface area contributed by atoms with Crippen LogP contribution < -0.4 is 0 Å². The summed E-state index contributed by atoms with van der Waals surface area (Å²) < 4.78 is 0. The first-order valence-corrected chi connectivity index (χ1v) is 7.43. The molecule has 0 aliphatic carbocycles. The van der Waals surface area contributed by atoms with E-state index in [1.54, 1.807) is 12.1 Å². The van der Waals surface area contributed by atoms with Gasteiger partial charge in [-0.3, -0.25) is 10.1 Å². The number of rotatable bonds is 5. The summed E-state index contributed by atoms with van der Waals surface area (Å²) >= 11 is 3.68. The molecule has 104 valence electrons. The first-order chi connectivity index (χ1) is 9.59. The van der Waals surface area contributed by atoms with Crippen LogP contribution in [0, 0.1) is 17.0 Å². The molecule has 0 spiro atoms. The van der Waals surface area contributed by atoms with Gasteiger partial charge in [-0.25, -0.2) is 0 Å². The maximum absolute atomic E-state index is 10.9. The average Bonchev–Trinajstić information content (AvgIpc) is 2.46. The van der Waals surface area contributed by atoms with Crippen LogP contribution in [0.3, 0.4) is 0 Å². The fourth-order valence-corrected chi connectivity index (χ4v) is 2.78. The van der Waals surface area contributed by atoms with E-state index in [0.717, 1.165) is 24.0 Å². The van der Waals surface area contributed by atoms with E-state index in [2.05, 4.69) is 28.1 Å². The molecule has 0 amide bonds. The zero-order chi connectivity index (χ0) is 14.5. The molecule has 0 N–H and O–H groups in total. The van der Waals surface area contributed by atoms with Gasteiger partial charge in [-0.2, -0.15) is 0 Å². The third-order valence-electron chi connectivity index (χ3n) is 3.44. The first-order valence-electron chi connectivity index (χ1n) is 6.51. The molecule has 2 aromatic rings. The zero-order valence-corrected chi connectivity index (χ0v) is 12.8. The fraction of sp³-hybridized carbons (Fsp3) is 0.250. The van der Waals surface area contributed by atoms with Gasteiger partial charge in [0.1, 0.15) is 0 Å². The smallest absolute Gasteiger partial charge is 0.258 e. The third kappa shape index (κ3) is 3.45. The van der Waals surface area contributed by atoms with Gasteiger partial charge in [0.15, 0.2) is 0 Å². The van der Waals surface area contributed by atoms with Crippen LogP contribution in [-0.4, -0.2) is 4.92 Å². The average molecular weight is 334 g/mol. The highest BCUT2D eigenvalue weighted by Crippen LogP contribution is 2.29. The molecule has 1 unspecified atom stereocenters. The summed E-state index contributed by atoms with van der Waals surface area (Å²) in [5.41, 5.74) is 3.24. The highest BCUT2D eigenvalue weighted by Gasteiger charge is 2.14. The summed E-state index contributed by atoms with van der Waals surface area (Å²) in [6.45, 7) is 1.82. The number of alkyl halides is 1. The summed E-state index contributed by atoms with van der Waals surface area (Å²) in [6, 6.07) is 15.5. The molecule has 3 nitrogen and oxygen atoms in total. The van der Waals surface area contributed by atoms with E-state index in [9.17, 15) is 10.1 Å². The standard InChI is InChI=1S/C16H16BrNO2/c1-12-13(8-5-9-16(12)18(19)20)10-11-15(17)14-6-3-2-4-7-14/h2-9,15H,10-11H2,1H3. The van der Waals surface area contributed by atoms with Crippen LogP contribution in [0.25, 0.3) is 0 Å². The number of hydrogen-bond donors (Lipinski definition) is 0. The van der Waals surface area contributed by atoms with Crippen molar-refractivity contribution in [3.8, 4) is 0 Å². The SMILES string of the molecule is Cc1c(CCC(Br)c2ccccc2)cccc1[N+](=O)[O-]. The molecule has 2 aromatic carbocycles. The van der Waals surface area contributed by atoms with Crippen molar-refractivity contribution in [2.75, 3.05) is 0 Å². The van der Waals surface area contributed by atoms with Crippen molar-refractivity contribution in [2.45, 2.75) is 24.6 Å². The van der Waals surface area contributed by atoms with Gasteiger partial charge in [0, 0.05) is 16.5 Å². The molecule has 2 rings (SSSR count). The maximum Gasteiger partial charge on any atom is 0.272 e. The Morgan fingerprint density at radius 1 is 1.15 bits per heavy atom. The second-order valence-electron chi connectivity index (χ2n) is 4.74. The predicted octanol–water partition coefficient (Wildman–Crippen LogP) is 4.97. The molecular weight excluding hydrogens is 318 g/mol. The molecule has 1 atom stereocenters. The second-order valence-corrected chi connectivity index (χ2v) is 5.84. The Morgan fingerprint density at radius 3 is 2.50 bits per heavy atom. The zero-order valence-electron chi connectivity index (χ0n) is 11.3. The van der Waals surface area contributed by atoms with Gasteiger partial charge in [0.2, 0.25) is 0 Å². The van der Waals surface area contributed by atoms with Crippen LogP contribution in [0.4, 0.5) is 5.69 Å². The monoisotopic (exact) mass is 333 g/mol. The Labute approximate surface area is 126 Å². The molecule has 0 aliphatic rings. The van der Waals surface area contributed by atoms with Crippen LogP contribution in [0.15, 0.2) is 48.5 Å². The van der Waals surface area contributed by atoms with Gasteiger partial charge >= 0.3 is 0 Å². The molecule has 4 heteroatoms. The number of nitro groups is 1. The molecule has 0 saturated heterocycles. The van der Waals surface area contributed by atoms with Gasteiger partial charge in [-0.05, 0) is 30.9 Å². The molecule has 0 radical (unpaired) electrons. The Kier molecular flexibility index (Phi) is 4.90. The minimum absolute atomic E-state index is 0.202. The topological polar surface area (TPSA) is 43.1 Å². The van der Waals surface area contributed by atoms with Crippen molar-refractivity contribution in [3.05, 3.63) is 75.3 Å². The van der Waals surface area contributed by atoms with Crippen molar-refractivity contribution in [1.82, 2.24) is 0 Å². The third-order valence-corrected chi connectivity index (χ3v) is 4.43. The molecule has 0 saturated carbocycles. The summed E-state index contributed by atoms with van der Waals surface area (Å²) in [7, 11) is 0. The van der Waals surface area contributed by atoms with Crippen molar-refractivity contribution >= 4 is 21.6 Å². The number of nitrogens with zero attached hydrogens (tertiary/aromatic N) is 1. The van der Waals surface area contributed by atoms with Crippen molar-refractivity contribution in [3.63, 3.8) is 0 Å². The summed E-state index contributed by atoms with van der Waals surface area (Å²) in [5.74, 6) is 0. The second kappa shape index (κ2) is 6.66. The maximum atomic E-state index is 10.9.